The summed E-state index contributed by atoms with van der Waals surface area (Å²) in [5.41, 5.74) is 0.378. The highest BCUT2D eigenvalue weighted by Gasteiger charge is 2.28. The Labute approximate surface area is 118 Å². The van der Waals surface area contributed by atoms with Crippen LogP contribution in [0.15, 0.2) is 12.3 Å². The van der Waals surface area contributed by atoms with Gasteiger partial charge in [0.15, 0.2) is 5.78 Å². The summed E-state index contributed by atoms with van der Waals surface area (Å²) in [6, 6.07) is 1.59. The van der Waals surface area contributed by atoms with Crippen molar-refractivity contribution in [3.8, 4) is 0 Å². The maximum Gasteiger partial charge on any atom is 0.185 e. The van der Waals surface area contributed by atoms with Crippen molar-refractivity contribution < 1.29 is 4.79 Å². The molecule has 0 aromatic carbocycles. The first-order valence-corrected chi connectivity index (χ1v) is 7.22. The van der Waals surface area contributed by atoms with Crippen molar-refractivity contribution in [2.45, 2.75) is 39.0 Å². The summed E-state index contributed by atoms with van der Waals surface area (Å²) in [6.45, 7) is 2.19. The number of nitrogens with zero attached hydrogens (tertiary/aromatic N) is 1. The molecule has 0 amide bonds. The van der Waals surface area contributed by atoms with Crippen molar-refractivity contribution in [3.05, 3.63) is 28.0 Å². The molecule has 2 rings (SSSR count). The average molecular weight is 286 g/mol. The fraction of sp³-hybridized carbons (Fsp3) is 0.571. The first kappa shape index (κ1) is 13.8. The molecule has 0 bridgehead atoms. The number of hydrogen-bond donors (Lipinski definition) is 0. The molecule has 1 heterocycles. The molecule has 98 valence electrons. The highest BCUT2D eigenvalue weighted by Crippen LogP contribution is 2.34. The van der Waals surface area contributed by atoms with Gasteiger partial charge in [-0.1, -0.05) is 49.4 Å². The molecule has 1 saturated carbocycles. The highest BCUT2D eigenvalue weighted by molar-refractivity contribution is 6.36. The van der Waals surface area contributed by atoms with E-state index in [1.54, 1.807) is 6.07 Å². The van der Waals surface area contributed by atoms with Gasteiger partial charge in [0, 0.05) is 12.1 Å². The van der Waals surface area contributed by atoms with Gasteiger partial charge in [-0.3, -0.25) is 4.79 Å². The van der Waals surface area contributed by atoms with Crippen molar-refractivity contribution in [2.75, 3.05) is 0 Å². The first-order valence-electron chi connectivity index (χ1n) is 6.47. The summed E-state index contributed by atoms with van der Waals surface area (Å²) < 4.78 is 0. The van der Waals surface area contributed by atoms with E-state index in [2.05, 4.69) is 11.9 Å². The summed E-state index contributed by atoms with van der Waals surface area (Å²) in [7, 11) is 0. The van der Waals surface area contributed by atoms with Crippen LogP contribution in [0.3, 0.4) is 0 Å². The topological polar surface area (TPSA) is 30.0 Å². The number of rotatable bonds is 3. The molecule has 0 spiro atoms. The quantitative estimate of drug-likeness (QED) is 0.748. The first-order chi connectivity index (χ1) is 8.61. The summed E-state index contributed by atoms with van der Waals surface area (Å²) in [6.07, 6.45) is 6.92. The minimum Gasteiger partial charge on any atom is -0.292 e. The van der Waals surface area contributed by atoms with Crippen LogP contribution in [-0.4, -0.2) is 10.8 Å². The molecule has 1 aliphatic rings. The van der Waals surface area contributed by atoms with Crippen molar-refractivity contribution in [2.24, 2.45) is 11.8 Å². The Morgan fingerprint density at radius 2 is 2.22 bits per heavy atom. The number of Topliss-reactive ketones (excluding diaryl/α,β-unsaturated/α-hetero) is 1. The molecule has 2 nitrogen and oxygen atoms in total. The fourth-order valence-electron chi connectivity index (χ4n) is 2.69. The van der Waals surface area contributed by atoms with Crippen LogP contribution in [0.2, 0.25) is 10.0 Å². The summed E-state index contributed by atoms with van der Waals surface area (Å²) >= 11 is 11.8. The van der Waals surface area contributed by atoms with Crippen LogP contribution in [0.25, 0.3) is 0 Å². The smallest absolute Gasteiger partial charge is 0.185 e. The lowest BCUT2D eigenvalue weighted by atomic mass is 9.77. The van der Waals surface area contributed by atoms with E-state index < -0.39 is 0 Å². The molecule has 1 fully saturated rings. The maximum absolute atomic E-state index is 12.4. The normalized spacial score (nSPS) is 23.9. The van der Waals surface area contributed by atoms with Gasteiger partial charge in [0.1, 0.15) is 5.69 Å². The van der Waals surface area contributed by atoms with Gasteiger partial charge in [0.25, 0.3) is 0 Å². The number of aromatic nitrogens is 1. The van der Waals surface area contributed by atoms with Gasteiger partial charge in [0.05, 0.1) is 10.0 Å². The zero-order valence-electron chi connectivity index (χ0n) is 10.5. The Bertz CT molecular complexity index is 447. The van der Waals surface area contributed by atoms with Gasteiger partial charge in [-0.25, -0.2) is 4.98 Å². The molecule has 2 unspecified atom stereocenters. The van der Waals surface area contributed by atoms with Crippen LogP contribution >= 0.6 is 23.2 Å². The molecule has 4 heteroatoms. The minimum atomic E-state index is 0.0785. The minimum absolute atomic E-state index is 0.0785. The average Bonchev–Trinajstić information content (AvgIpc) is 2.38. The van der Waals surface area contributed by atoms with E-state index in [0.717, 1.165) is 25.7 Å². The van der Waals surface area contributed by atoms with Crippen molar-refractivity contribution in [3.63, 3.8) is 0 Å². The lowest BCUT2D eigenvalue weighted by molar-refractivity contribution is 0.0857. The van der Waals surface area contributed by atoms with Crippen LogP contribution < -0.4 is 0 Å². The summed E-state index contributed by atoms with van der Waals surface area (Å²) in [4.78, 5) is 16.5. The molecule has 18 heavy (non-hydrogen) atoms. The number of carbonyl (C=O) groups is 1. The molecule has 1 aromatic heterocycles. The number of ketones is 1. The molecule has 0 aliphatic heterocycles. The van der Waals surface area contributed by atoms with Crippen LogP contribution in [0.1, 0.15) is 49.5 Å². The fourth-order valence-corrected chi connectivity index (χ4v) is 3.16. The van der Waals surface area contributed by atoms with Gasteiger partial charge in [-0.15, -0.1) is 0 Å². The highest BCUT2D eigenvalue weighted by atomic mass is 35.5. The summed E-state index contributed by atoms with van der Waals surface area (Å²) in [5.74, 6) is 0.823. The third-order valence-corrected chi connectivity index (χ3v) is 4.27. The van der Waals surface area contributed by atoms with Gasteiger partial charge in [0.2, 0.25) is 0 Å². The van der Waals surface area contributed by atoms with Crippen LogP contribution in [0.5, 0.6) is 0 Å². The Kier molecular flexibility index (Phi) is 4.63. The molecule has 0 N–H and O–H groups in total. The monoisotopic (exact) mass is 285 g/mol. The SMILES string of the molecule is CCC1CCCC(C(=O)c2ncc(Cl)cc2Cl)C1. The second-order valence-electron chi connectivity index (χ2n) is 4.99. The Hall–Kier alpha value is -0.600. The molecule has 1 aromatic rings. The number of pyridine rings is 1. The van der Waals surface area contributed by atoms with Gasteiger partial charge in [-0.2, -0.15) is 0 Å². The number of hydrogen-bond acceptors (Lipinski definition) is 2. The van der Waals surface area contributed by atoms with E-state index in [9.17, 15) is 4.79 Å². The third-order valence-electron chi connectivity index (χ3n) is 3.77. The predicted octanol–water partition coefficient (Wildman–Crippen LogP) is 4.79. The van der Waals surface area contributed by atoms with E-state index in [0.29, 0.717) is 21.7 Å². The second-order valence-corrected chi connectivity index (χ2v) is 5.83. The molecular weight excluding hydrogens is 269 g/mol. The van der Waals surface area contributed by atoms with E-state index in [1.165, 1.54) is 12.6 Å². The molecule has 1 aliphatic carbocycles. The van der Waals surface area contributed by atoms with E-state index in [-0.39, 0.29) is 11.7 Å². The largest absolute Gasteiger partial charge is 0.292 e. The molecular formula is C14H17Cl2NO. The zero-order valence-corrected chi connectivity index (χ0v) is 12.0. The maximum atomic E-state index is 12.4. The van der Waals surface area contributed by atoms with Gasteiger partial charge < -0.3 is 0 Å². The van der Waals surface area contributed by atoms with Gasteiger partial charge >= 0.3 is 0 Å². The lowest BCUT2D eigenvalue weighted by Gasteiger charge is -2.27. The standard InChI is InChI=1S/C14H17Cl2NO/c1-2-9-4-3-5-10(6-9)14(18)13-12(16)7-11(15)8-17-13/h7-10H,2-6H2,1H3. The van der Waals surface area contributed by atoms with Crippen LogP contribution in [-0.2, 0) is 0 Å². The van der Waals surface area contributed by atoms with Crippen LogP contribution in [0, 0.1) is 11.8 Å². The molecule has 0 saturated heterocycles. The number of halogens is 2. The lowest BCUT2D eigenvalue weighted by Crippen LogP contribution is -2.23. The van der Waals surface area contributed by atoms with Gasteiger partial charge in [-0.05, 0) is 24.8 Å². The van der Waals surface area contributed by atoms with E-state index >= 15 is 0 Å². The Morgan fingerprint density at radius 1 is 1.44 bits per heavy atom. The Balaban J connectivity index is 2.15. The predicted molar refractivity (Wildman–Crippen MR) is 74.3 cm³/mol. The number of carbonyl (C=O) groups excluding carboxylic acids is 1. The summed E-state index contributed by atoms with van der Waals surface area (Å²) in [5, 5.41) is 0.831. The van der Waals surface area contributed by atoms with Crippen LogP contribution in [0.4, 0.5) is 0 Å². The molecule has 0 radical (unpaired) electrons. The van der Waals surface area contributed by atoms with Crippen molar-refractivity contribution in [1.29, 1.82) is 0 Å². The van der Waals surface area contributed by atoms with Crippen molar-refractivity contribution >= 4 is 29.0 Å². The molecule has 2 atom stereocenters. The van der Waals surface area contributed by atoms with E-state index in [4.69, 9.17) is 23.2 Å². The zero-order chi connectivity index (χ0) is 13.1. The van der Waals surface area contributed by atoms with Crippen molar-refractivity contribution in [1.82, 2.24) is 4.98 Å². The third kappa shape index (κ3) is 3.04. The second kappa shape index (κ2) is 6.03. The van der Waals surface area contributed by atoms with E-state index in [1.807, 2.05) is 0 Å². The Morgan fingerprint density at radius 3 is 2.89 bits per heavy atom.